The number of sulfone groups is 1. The van der Waals surface area contributed by atoms with Gasteiger partial charge in [0.25, 0.3) is 0 Å². The lowest BCUT2D eigenvalue weighted by molar-refractivity contribution is 0.319. The Morgan fingerprint density at radius 3 is 2.12 bits per heavy atom. The van der Waals surface area contributed by atoms with E-state index in [9.17, 15) is 8.42 Å². The molecule has 0 spiro atoms. The summed E-state index contributed by atoms with van der Waals surface area (Å²) >= 11 is 0. The van der Waals surface area contributed by atoms with Gasteiger partial charge in [-0.3, -0.25) is 0 Å². The predicted molar refractivity (Wildman–Crippen MR) is 31.1 cm³/mol. The molecule has 0 aliphatic rings. The second kappa shape index (κ2) is 3.04. The Morgan fingerprint density at radius 1 is 1.50 bits per heavy atom. The van der Waals surface area contributed by atoms with Crippen LogP contribution in [0.15, 0.2) is 0 Å². The molecule has 0 unspecified atom stereocenters. The van der Waals surface area contributed by atoms with Crippen LogP contribution in [0, 0.1) is 6.92 Å². The molecule has 0 atom stereocenters. The average Bonchev–Trinajstić information content (AvgIpc) is 1.67. The van der Waals surface area contributed by atoms with Gasteiger partial charge in [0.05, 0.1) is 18.1 Å². The fraction of sp³-hybridized carbons (Fsp3) is 0.750. The molecule has 0 amide bonds. The lowest BCUT2D eigenvalue weighted by Gasteiger charge is -1.93. The van der Waals surface area contributed by atoms with Crippen LogP contribution in [-0.2, 0) is 9.84 Å². The molecule has 0 fully saturated rings. The largest absolute Gasteiger partial charge is 0.395 e. The van der Waals surface area contributed by atoms with Crippen LogP contribution in [0.2, 0.25) is 0 Å². The Bertz CT molecular complexity index is 135. The minimum absolute atomic E-state index is 0.131. The van der Waals surface area contributed by atoms with Crippen molar-refractivity contribution in [3.05, 3.63) is 6.92 Å². The van der Waals surface area contributed by atoms with Crippen molar-refractivity contribution < 1.29 is 13.5 Å². The van der Waals surface area contributed by atoms with Crippen LogP contribution in [0.5, 0.6) is 0 Å². The molecule has 0 saturated heterocycles. The second-order valence-electron chi connectivity index (χ2n) is 1.38. The number of aliphatic hydroxyl groups is 1. The first-order valence-electron chi connectivity index (χ1n) is 2.23. The van der Waals surface area contributed by atoms with Gasteiger partial charge in [0.2, 0.25) is 0 Å². The quantitative estimate of drug-likeness (QED) is 0.555. The maximum atomic E-state index is 10.4. The molecule has 0 aromatic rings. The highest BCUT2D eigenvalue weighted by molar-refractivity contribution is 7.91. The van der Waals surface area contributed by atoms with Gasteiger partial charge in [-0.2, -0.15) is 0 Å². The Balaban J connectivity index is 3.76. The molecule has 49 valence electrons. The van der Waals surface area contributed by atoms with Gasteiger partial charge in [0.15, 0.2) is 9.84 Å². The lowest BCUT2D eigenvalue weighted by atomic mass is 10.9. The average molecular weight is 137 g/mol. The third-order valence-corrected chi connectivity index (χ3v) is 2.14. The Hall–Kier alpha value is -0.0900. The molecule has 0 aliphatic carbocycles. The molecule has 1 radical (unpaired) electrons. The highest BCUT2D eigenvalue weighted by Gasteiger charge is 2.03. The number of hydrogen-bond donors (Lipinski definition) is 1. The minimum Gasteiger partial charge on any atom is -0.395 e. The molecular formula is C4H9O3S. The topological polar surface area (TPSA) is 54.4 Å². The zero-order valence-electron chi connectivity index (χ0n) is 4.50. The van der Waals surface area contributed by atoms with E-state index >= 15 is 0 Å². The second-order valence-corrected chi connectivity index (χ2v) is 3.68. The van der Waals surface area contributed by atoms with E-state index in [-0.39, 0.29) is 18.1 Å². The Kier molecular flexibility index (Phi) is 3.01. The van der Waals surface area contributed by atoms with E-state index in [4.69, 9.17) is 5.11 Å². The SMILES string of the molecule is [CH2]CS(=O)(=O)CCO. The number of hydrogen-bond acceptors (Lipinski definition) is 3. The highest BCUT2D eigenvalue weighted by atomic mass is 32.2. The first-order valence-corrected chi connectivity index (χ1v) is 4.05. The summed E-state index contributed by atoms with van der Waals surface area (Å²) in [6.07, 6.45) is 0. The van der Waals surface area contributed by atoms with Gasteiger partial charge in [-0.1, -0.05) is 0 Å². The monoisotopic (exact) mass is 137 g/mol. The van der Waals surface area contributed by atoms with Crippen molar-refractivity contribution in [2.45, 2.75) is 0 Å². The standard InChI is InChI=1S/C4H9O3S/c1-2-8(6,7)4-3-5/h5H,1-4H2. The van der Waals surface area contributed by atoms with E-state index in [1.165, 1.54) is 0 Å². The summed E-state index contributed by atoms with van der Waals surface area (Å²) in [5.74, 6) is -0.302. The summed E-state index contributed by atoms with van der Waals surface area (Å²) in [6, 6.07) is 0. The van der Waals surface area contributed by atoms with Crippen molar-refractivity contribution in [1.29, 1.82) is 0 Å². The molecule has 1 N–H and O–H groups in total. The van der Waals surface area contributed by atoms with Gasteiger partial charge in [-0.05, 0) is 6.92 Å². The fourth-order valence-electron chi connectivity index (χ4n) is 0.241. The molecular weight excluding hydrogens is 128 g/mol. The van der Waals surface area contributed by atoms with E-state index in [0.717, 1.165) is 0 Å². The van der Waals surface area contributed by atoms with Gasteiger partial charge in [-0.25, -0.2) is 8.42 Å². The van der Waals surface area contributed by atoms with Crippen LogP contribution in [0.3, 0.4) is 0 Å². The van der Waals surface area contributed by atoms with Crippen molar-refractivity contribution in [2.75, 3.05) is 18.1 Å². The van der Waals surface area contributed by atoms with Gasteiger partial charge >= 0.3 is 0 Å². The third kappa shape index (κ3) is 2.98. The third-order valence-electron chi connectivity index (χ3n) is 0.713. The molecule has 0 aromatic heterocycles. The van der Waals surface area contributed by atoms with Gasteiger partial charge < -0.3 is 5.11 Å². The molecule has 0 aliphatic heterocycles. The van der Waals surface area contributed by atoms with Crippen LogP contribution in [-0.4, -0.2) is 31.6 Å². The van der Waals surface area contributed by atoms with Crippen LogP contribution < -0.4 is 0 Å². The zero-order valence-corrected chi connectivity index (χ0v) is 5.32. The number of rotatable bonds is 3. The predicted octanol–water partition coefficient (Wildman–Crippen LogP) is -0.772. The fourth-order valence-corrected chi connectivity index (χ4v) is 0.723. The Labute approximate surface area is 49.3 Å². The van der Waals surface area contributed by atoms with Crippen LogP contribution >= 0.6 is 0 Å². The van der Waals surface area contributed by atoms with E-state index in [0.29, 0.717) is 0 Å². The first kappa shape index (κ1) is 7.91. The van der Waals surface area contributed by atoms with E-state index in [2.05, 4.69) is 6.92 Å². The van der Waals surface area contributed by atoms with E-state index < -0.39 is 9.84 Å². The molecule has 0 saturated carbocycles. The van der Waals surface area contributed by atoms with Gasteiger partial charge in [0, 0.05) is 0 Å². The van der Waals surface area contributed by atoms with Crippen molar-refractivity contribution in [1.82, 2.24) is 0 Å². The lowest BCUT2D eigenvalue weighted by Crippen LogP contribution is -2.11. The summed E-state index contributed by atoms with van der Waals surface area (Å²) < 4.78 is 20.8. The molecule has 3 nitrogen and oxygen atoms in total. The molecule has 4 heteroatoms. The van der Waals surface area contributed by atoms with Crippen LogP contribution in [0.1, 0.15) is 0 Å². The molecule has 0 bridgehead atoms. The van der Waals surface area contributed by atoms with Crippen molar-refractivity contribution in [3.63, 3.8) is 0 Å². The number of aliphatic hydroxyl groups excluding tert-OH is 1. The van der Waals surface area contributed by atoms with E-state index in [1.807, 2.05) is 0 Å². The van der Waals surface area contributed by atoms with Crippen LogP contribution in [0.4, 0.5) is 0 Å². The smallest absolute Gasteiger partial charge is 0.152 e. The van der Waals surface area contributed by atoms with Crippen LogP contribution in [0.25, 0.3) is 0 Å². The Morgan fingerprint density at radius 2 is 2.00 bits per heavy atom. The summed E-state index contributed by atoms with van der Waals surface area (Å²) in [4.78, 5) is 0. The maximum Gasteiger partial charge on any atom is 0.152 e. The molecule has 8 heavy (non-hydrogen) atoms. The summed E-state index contributed by atoms with van der Waals surface area (Å²) in [5, 5.41) is 8.13. The van der Waals surface area contributed by atoms with Crippen molar-refractivity contribution in [3.8, 4) is 0 Å². The summed E-state index contributed by atoms with van der Waals surface area (Å²) in [7, 11) is -3.03. The molecule has 0 heterocycles. The first-order chi connectivity index (χ1) is 3.62. The highest BCUT2D eigenvalue weighted by Crippen LogP contribution is 1.85. The van der Waals surface area contributed by atoms with Crippen molar-refractivity contribution in [2.24, 2.45) is 0 Å². The van der Waals surface area contributed by atoms with Gasteiger partial charge in [0.1, 0.15) is 0 Å². The normalized spacial score (nSPS) is 11.8. The molecule has 0 aromatic carbocycles. The molecule has 0 rings (SSSR count). The summed E-state index contributed by atoms with van der Waals surface area (Å²) in [6.45, 7) is 2.87. The maximum absolute atomic E-state index is 10.4. The zero-order chi connectivity index (χ0) is 6.62. The van der Waals surface area contributed by atoms with E-state index in [1.54, 1.807) is 0 Å². The van der Waals surface area contributed by atoms with Gasteiger partial charge in [-0.15, -0.1) is 0 Å². The van der Waals surface area contributed by atoms with Crippen molar-refractivity contribution >= 4 is 9.84 Å². The summed E-state index contributed by atoms with van der Waals surface area (Å²) in [5.41, 5.74) is 0. The minimum atomic E-state index is -3.03.